The number of amides is 1. The number of phenols is 1. The Morgan fingerprint density at radius 1 is 0.781 bits per heavy atom. The van der Waals surface area contributed by atoms with Crippen molar-refractivity contribution >= 4 is 45.5 Å². The van der Waals surface area contributed by atoms with Gasteiger partial charge in [0, 0.05) is 95.8 Å². The molecule has 1 amide bonds. The minimum Gasteiger partial charge on any atom is -0.508 e. The van der Waals surface area contributed by atoms with E-state index in [4.69, 9.17) is 9.73 Å². The van der Waals surface area contributed by atoms with Gasteiger partial charge >= 0.3 is 0 Å². The summed E-state index contributed by atoms with van der Waals surface area (Å²) in [7, 11) is 0. The van der Waals surface area contributed by atoms with Gasteiger partial charge in [-0.3, -0.25) is 14.4 Å². The van der Waals surface area contributed by atoms with Crippen molar-refractivity contribution in [1.82, 2.24) is 19.7 Å². The normalized spacial score (nSPS) is 18.9. The molecule has 0 aliphatic carbocycles. The highest BCUT2D eigenvalue weighted by Gasteiger charge is 2.35. The van der Waals surface area contributed by atoms with Crippen LogP contribution in [0, 0.1) is 44.1 Å². The number of aromatic hydroxyl groups is 1. The molecule has 4 aliphatic heterocycles. The first kappa shape index (κ1) is 41.6. The highest BCUT2D eigenvalue weighted by molar-refractivity contribution is 7.15. The molecule has 0 unspecified atom stereocenters. The Bertz CT molecular complexity index is 2850. The van der Waals surface area contributed by atoms with E-state index in [0.717, 1.165) is 70.8 Å². The van der Waals surface area contributed by atoms with Gasteiger partial charge in [0.25, 0.3) is 0 Å². The number of aromatic nitrogens is 3. The number of ether oxygens (including phenoxy) is 1. The van der Waals surface area contributed by atoms with E-state index in [2.05, 4.69) is 69.6 Å². The van der Waals surface area contributed by atoms with Crippen LogP contribution in [0.25, 0.3) is 16.1 Å². The third-order valence-corrected chi connectivity index (χ3v) is 14.6. The van der Waals surface area contributed by atoms with Crippen LogP contribution in [0.1, 0.15) is 88.7 Å². The summed E-state index contributed by atoms with van der Waals surface area (Å²) < 4.78 is 53.1. The van der Waals surface area contributed by atoms with Gasteiger partial charge in [-0.2, -0.15) is 0 Å². The molecule has 14 heteroatoms. The zero-order valence-electron chi connectivity index (χ0n) is 36.3. The third-order valence-electron chi connectivity index (χ3n) is 13.4. The van der Waals surface area contributed by atoms with Crippen molar-refractivity contribution in [3.63, 3.8) is 0 Å². The fourth-order valence-corrected chi connectivity index (χ4v) is 11.0. The van der Waals surface area contributed by atoms with E-state index >= 15 is 8.78 Å². The van der Waals surface area contributed by atoms with Crippen LogP contribution in [0.15, 0.2) is 83.9 Å². The number of hydrogen-bond acceptors (Lipinski definition) is 9. The third kappa shape index (κ3) is 7.21. The van der Waals surface area contributed by atoms with Gasteiger partial charge in [-0.25, -0.2) is 13.2 Å². The molecular weight excluding hydrogens is 836 g/mol. The lowest BCUT2D eigenvalue weighted by Crippen LogP contribution is -2.51. The number of piperidine rings is 1. The number of benzene rings is 4. The predicted molar refractivity (Wildman–Crippen MR) is 244 cm³/mol. The number of carbonyl (C=O) groups excluding carboxylic acids is 1. The van der Waals surface area contributed by atoms with Crippen molar-refractivity contribution in [3.8, 4) is 16.5 Å². The van der Waals surface area contributed by atoms with Gasteiger partial charge in [-0.15, -0.1) is 21.5 Å². The molecule has 0 bridgehead atoms. The van der Waals surface area contributed by atoms with Gasteiger partial charge < -0.3 is 24.5 Å². The molecule has 0 spiro atoms. The van der Waals surface area contributed by atoms with Crippen LogP contribution in [-0.4, -0.2) is 75.7 Å². The molecule has 10 nitrogen and oxygen atoms in total. The maximum absolute atomic E-state index is 15.3. The number of piperazine rings is 1. The van der Waals surface area contributed by atoms with E-state index in [1.54, 1.807) is 24.3 Å². The fraction of sp³-hybridized carbons (Fsp3) is 0.320. The summed E-state index contributed by atoms with van der Waals surface area (Å²) >= 11 is 1.76. The first-order valence-electron chi connectivity index (χ1n) is 21.8. The van der Waals surface area contributed by atoms with Crippen molar-refractivity contribution in [1.29, 1.82) is 0 Å². The van der Waals surface area contributed by atoms with Crippen LogP contribution < -0.4 is 14.5 Å². The molecular formula is C50H48F3N7O3S. The largest absolute Gasteiger partial charge is 0.508 e. The zero-order chi connectivity index (χ0) is 44.6. The number of allylic oxidation sites excluding steroid dienone is 1. The minimum atomic E-state index is -1.04. The fourth-order valence-electron chi connectivity index (χ4n) is 9.79. The summed E-state index contributed by atoms with van der Waals surface area (Å²) in [6.45, 7) is 14.3. The smallest absolute Gasteiger partial charge is 0.225 e. The Hall–Kier alpha value is -6.41. The molecule has 0 radical (unpaired) electrons. The lowest BCUT2D eigenvalue weighted by Gasteiger charge is -2.40. The van der Waals surface area contributed by atoms with Gasteiger partial charge in [0.15, 0.2) is 5.82 Å². The molecule has 2 atom stereocenters. The molecule has 4 aliphatic rings. The highest BCUT2D eigenvalue weighted by Crippen LogP contribution is 2.49. The number of nitrogens with zero attached hydrogens (tertiary/aromatic N) is 7. The Labute approximate surface area is 374 Å². The summed E-state index contributed by atoms with van der Waals surface area (Å²) in [6.07, 6.45) is 0.682. The van der Waals surface area contributed by atoms with Crippen molar-refractivity contribution in [2.45, 2.75) is 59.6 Å². The molecule has 0 saturated carbocycles. The van der Waals surface area contributed by atoms with Crippen LogP contribution in [0.3, 0.4) is 0 Å². The summed E-state index contributed by atoms with van der Waals surface area (Å²) in [5.41, 5.74) is 8.03. The van der Waals surface area contributed by atoms with Gasteiger partial charge in [0.2, 0.25) is 5.91 Å². The van der Waals surface area contributed by atoms with Crippen LogP contribution in [0.5, 0.6) is 11.5 Å². The molecule has 328 valence electrons. The molecule has 10 rings (SSSR count). The Morgan fingerprint density at radius 2 is 1.42 bits per heavy atom. The van der Waals surface area contributed by atoms with Crippen LogP contribution in [0.4, 0.5) is 24.5 Å². The number of thiophene rings is 1. The number of hydrogen-bond donors (Lipinski definition) is 1. The van der Waals surface area contributed by atoms with E-state index in [9.17, 15) is 14.3 Å². The van der Waals surface area contributed by atoms with Crippen molar-refractivity contribution in [2.24, 2.45) is 10.9 Å². The number of carbonyl (C=O) groups is 1. The molecule has 64 heavy (non-hydrogen) atoms. The average Bonchev–Trinajstić information content (AvgIpc) is 3.79. The number of rotatable bonds is 6. The first-order chi connectivity index (χ1) is 30.8. The molecule has 1 N–H and O–H groups in total. The molecule has 2 saturated heterocycles. The van der Waals surface area contributed by atoms with Crippen molar-refractivity contribution < 1.29 is 27.8 Å². The Morgan fingerprint density at radius 3 is 2.09 bits per heavy atom. The van der Waals surface area contributed by atoms with E-state index in [-0.39, 0.29) is 34.8 Å². The summed E-state index contributed by atoms with van der Waals surface area (Å²) in [4.78, 5) is 26.9. The minimum absolute atomic E-state index is 0.0168. The Kier molecular flexibility index (Phi) is 10.6. The number of halogens is 3. The molecule has 2 fully saturated rings. The number of fused-ring (bicyclic) bond motifs is 4. The van der Waals surface area contributed by atoms with Crippen LogP contribution in [-0.2, 0) is 4.79 Å². The standard InChI is InChI=1S/C50H48F3N7O3S/c1-27-30(4)64-50-44(27)46(54-29(3)48-56-55-31(5)60(48)50)32-6-10-36(11-7-32)57-18-16-34(17-19-57)49(62)59-22-20-58(21-23-59)37-12-8-33(9-13-37)47-43(45-40(52)24-35(51)25-41(45)53)28(2)39-26-38(61)14-15-42(39)63-47/h6-15,24-26,29,34,47,61H,16-23H2,1-5H3/t29-,47+/m0/s1. The van der Waals surface area contributed by atoms with Crippen molar-refractivity contribution in [3.05, 3.63) is 146 Å². The molecule has 6 heterocycles. The van der Waals surface area contributed by atoms with E-state index < -0.39 is 23.6 Å². The first-order valence-corrected chi connectivity index (χ1v) is 22.6. The van der Waals surface area contributed by atoms with Crippen LogP contribution >= 0.6 is 11.3 Å². The van der Waals surface area contributed by atoms with Gasteiger partial charge in [-0.05, 0) is 107 Å². The SMILES string of the molecule is CC1=C(c2c(F)cc(F)cc2F)[C@@H](c2ccc(N3CCN(C(=O)C4CCN(c5ccc(C6=N[C@@H](C)c7nnc(C)n7-c7sc(C)c(C)c76)cc5)CC4)CC3)cc2)Oc2ccc(O)cc21. The number of anilines is 2. The lowest BCUT2D eigenvalue weighted by molar-refractivity contribution is -0.136. The second-order valence-corrected chi connectivity index (χ2v) is 18.4. The second kappa shape index (κ2) is 16.3. The van der Waals surface area contributed by atoms with Gasteiger partial charge in [0.1, 0.15) is 51.9 Å². The van der Waals surface area contributed by atoms with Gasteiger partial charge in [0.05, 0.1) is 11.3 Å². The highest BCUT2D eigenvalue weighted by atomic mass is 32.1. The zero-order valence-corrected chi connectivity index (χ0v) is 37.1. The summed E-state index contributed by atoms with van der Waals surface area (Å²) in [6, 6.07) is 22.1. The lowest BCUT2D eigenvalue weighted by atomic mass is 9.85. The van der Waals surface area contributed by atoms with Gasteiger partial charge in [-0.1, -0.05) is 24.3 Å². The molecule has 6 aromatic rings. The predicted octanol–water partition coefficient (Wildman–Crippen LogP) is 9.92. The quantitative estimate of drug-likeness (QED) is 0.178. The monoisotopic (exact) mass is 883 g/mol. The van der Waals surface area contributed by atoms with Crippen molar-refractivity contribution in [2.75, 3.05) is 49.1 Å². The second-order valence-electron chi connectivity index (χ2n) is 17.2. The topological polar surface area (TPSA) is 99.3 Å². The Balaban J connectivity index is 0.773. The summed E-state index contributed by atoms with van der Waals surface area (Å²) in [5.74, 6) is -0.742. The summed E-state index contributed by atoms with van der Waals surface area (Å²) in [5, 5.41) is 20.2. The maximum Gasteiger partial charge on any atom is 0.225 e. The number of aliphatic imine (C=N–C) groups is 1. The van der Waals surface area contributed by atoms with E-state index in [1.165, 1.54) is 22.6 Å². The van der Waals surface area contributed by atoms with E-state index in [0.29, 0.717) is 60.8 Å². The molecule has 4 aromatic carbocycles. The van der Waals surface area contributed by atoms with Crippen LogP contribution in [0.2, 0.25) is 0 Å². The number of aryl methyl sites for hydroxylation is 2. The maximum atomic E-state index is 15.3. The average molecular weight is 884 g/mol. The van der Waals surface area contributed by atoms with E-state index in [1.807, 2.05) is 36.1 Å². The molecule has 2 aromatic heterocycles. The number of phenolic OH excluding ortho intramolecular Hbond substituents is 1.